The molecule has 0 fully saturated rings. The van der Waals surface area contributed by atoms with Crippen LogP contribution in [0.25, 0.3) is 0 Å². The van der Waals surface area contributed by atoms with Crippen molar-refractivity contribution in [2.45, 2.75) is 226 Å². The molecule has 244 valence electrons. The van der Waals surface area contributed by atoms with Gasteiger partial charge in [0.25, 0.3) is 0 Å². The van der Waals surface area contributed by atoms with Gasteiger partial charge >= 0.3 is 0 Å². The Kier molecular flexibility index (Phi) is 28.8. The summed E-state index contributed by atoms with van der Waals surface area (Å²) in [5, 5.41) is 0. The van der Waals surface area contributed by atoms with E-state index in [0.717, 1.165) is 0 Å². The zero-order valence-corrected chi connectivity index (χ0v) is 29.0. The summed E-state index contributed by atoms with van der Waals surface area (Å²) in [5.41, 5.74) is 0. The fraction of sp³-hybridized carbons (Fsp3) is 0.949. The molecular formula is C39H78N2. The van der Waals surface area contributed by atoms with Crippen LogP contribution >= 0.6 is 0 Å². The SMILES string of the molecule is CCCCCCCCCCCCCCCCCN1C=CN(CCCCCCCCCCCCCCCC)C1CCC. The van der Waals surface area contributed by atoms with Crippen LogP contribution in [-0.4, -0.2) is 29.1 Å². The lowest BCUT2D eigenvalue weighted by Gasteiger charge is -2.33. The average molecular weight is 575 g/mol. The molecule has 0 aromatic rings. The Labute approximate surface area is 260 Å². The van der Waals surface area contributed by atoms with E-state index in [9.17, 15) is 0 Å². The Morgan fingerprint density at radius 3 is 0.805 bits per heavy atom. The van der Waals surface area contributed by atoms with Gasteiger partial charge in [0.1, 0.15) is 6.17 Å². The first kappa shape index (κ1) is 38.4. The molecule has 1 aliphatic heterocycles. The summed E-state index contributed by atoms with van der Waals surface area (Å²) in [7, 11) is 0. The van der Waals surface area contributed by atoms with E-state index in [1.165, 1.54) is 212 Å². The summed E-state index contributed by atoms with van der Waals surface area (Å²) in [6.07, 6.45) is 50.0. The molecule has 2 nitrogen and oxygen atoms in total. The van der Waals surface area contributed by atoms with Gasteiger partial charge in [0, 0.05) is 25.5 Å². The minimum Gasteiger partial charge on any atom is -0.356 e. The molecule has 41 heavy (non-hydrogen) atoms. The van der Waals surface area contributed by atoms with Crippen LogP contribution < -0.4 is 0 Å². The Bertz CT molecular complexity index is 530. The van der Waals surface area contributed by atoms with Crippen molar-refractivity contribution in [3.8, 4) is 0 Å². The van der Waals surface area contributed by atoms with E-state index < -0.39 is 0 Å². The standard InChI is InChI=1S/C39H78N2/c1-4-7-9-11-13-15-17-19-21-23-25-27-29-31-33-36-41-38-37-40(39(41)34-6-3)35-32-30-28-26-24-22-20-18-16-14-12-10-8-5-2/h37-39H,4-36H2,1-3H3. The second-order valence-electron chi connectivity index (χ2n) is 13.6. The zero-order chi connectivity index (χ0) is 29.5. The van der Waals surface area contributed by atoms with E-state index >= 15 is 0 Å². The molecule has 0 radical (unpaired) electrons. The molecule has 0 aromatic heterocycles. The molecule has 0 aliphatic carbocycles. The number of rotatable bonds is 33. The summed E-state index contributed by atoms with van der Waals surface area (Å²) in [6.45, 7) is 9.49. The normalized spacial score (nSPS) is 15.0. The highest BCUT2D eigenvalue weighted by Crippen LogP contribution is 2.23. The third-order valence-corrected chi connectivity index (χ3v) is 9.55. The highest BCUT2D eigenvalue weighted by atomic mass is 15.4. The van der Waals surface area contributed by atoms with E-state index in [1.54, 1.807) is 0 Å². The van der Waals surface area contributed by atoms with Gasteiger partial charge in [-0.25, -0.2) is 0 Å². The molecule has 0 saturated carbocycles. The van der Waals surface area contributed by atoms with Crippen LogP contribution in [0, 0.1) is 0 Å². The lowest BCUT2D eigenvalue weighted by atomic mass is 10.0. The molecule has 1 aliphatic rings. The van der Waals surface area contributed by atoms with E-state index in [2.05, 4.69) is 43.0 Å². The molecule has 0 aromatic carbocycles. The molecule has 1 heterocycles. The van der Waals surface area contributed by atoms with Gasteiger partial charge in [-0.2, -0.15) is 0 Å². The summed E-state index contributed by atoms with van der Waals surface area (Å²) >= 11 is 0. The molecule has 0 N–H and O–H groups in total. The Morgan fingerprint density at radius 2 is 0.561 bits per heavy atom. The average Bonchev–Trinajstić information content (AvgIpc) is 3.36. The topological polar surface area (TPSA) is 6.48 Å². The predicted octanol–water partition coefficient (Wildman–Crippen LogP) is 13.6. The van der Waals surface area contributed by atoms with Gasteiger partial charge in [-0.1, -0.05) is 201 Å². The third kappa shape index (κ3) is 23.5. The smallest absolute Gasteiger partial charge is 0.101 e. The minimum absolute atomic E-state index is 0.633. The van der Waals surface area contributed by atoms with Gasteiger partial charge < -0.3 is 9.80 Å². The first-order valence-electron chi connectivity index (χ1n) is 19.5. The van der Waals surface area contributed by atoms with Gasteiger partial charge in [0.15, 0.2) is 0 Å². The first-order chi connectivity index (χ1) is 20.3. The third-order valence-electron chi connectivity index (χ3n) is 9.55. The van der Waals surface area contributed by atoms with Crippen LogP contribution in [0.15, 0.2) is 12.4 Å². The lowest BCUT2D eigenvalue weighted by molar-refractivity contribution is 0.138. The molecule has 2 heteroatoms. The quantitative estimate of drug-likeness (QED) is 0.0719. The number of hydrogen-bond donors (Lipinski definition) is 0. The highest BCUT2D eigenvalue weighted by Gasteiger charge is 2.24. The van der Waals surface area contributed by atoms with Gasteiger partial charge in [0.05, 0.1) is 0 Å². The Hall–Kier alpha value is -0.660. The van der Waals surface area contributed by atoms with E-state index in [-0.39, 0.29) is 0 Å². The molecule has 0 bridgehead atoms. The summed E-state index contributed by atoms with van der Waals surface area (Å²) in [6, 6.07) is 0. The minimum atomic E-state index is 0.633. The summed E-state index contributed by atoms with van der Waals surface area (Å²) < 4.78 is 0. The van der Waals surface area contributed by atoms with E-state index in [1.807, 2.05) is 0 Å². The molecule has 0 spiro atoms. The van der Waals surface area contributed by atoms with Crippen LogP contribution in [0.2, 0.25) is 0 Å². The lowest BCUT2D eigenvalue weighted by Crippen LogP contribution is -2.39. The molecule has 1 rings (SSSR count). The second-order valence-corrected chi connectivity index (χ2v) is 13.6. The Morgan fingerprint density at radius 1 is 0.317 bits per heavy atom. The molecule has 0 saturated heterocycles. The van der Waals surface area contributed by atoms with Crippen molar-refractivity contribution in [2.75, 3.05) is 13.1 Å². The van der Waals surface area contributed by atoms with Crippen molar-refractivity contribution in [1.29, 1.82) is 0 Å². The van der Waals surface area contributed by atoms with Crippen LogP contribution in [0.1, 0.15) is 220 Å². The van der Waals surface area contributed by atoms with Crippen LogP contribution in [0.5, 0.6) is 0 Å². The second kappa shape index (κ2) is 30.8. The van der Waals surface area contributed by atoms with Gasteiger partial charge in [0.2, 0.25) is 0 Å². The van der Waals surface area contributed by atoms with Crippen molar-refractivity contribution in [3.63, 3.8) is 0 Å². The highest BCUT2D eigenvalue weighted by molar-refractivity contribution is 4.96. The predicted molar refractivity (Wildman–Crippen MR) is 186 cm³/mol. The van der Waals surface area contributed by atoms with Crippen molar-refractivity contribution in [3.05, 3.63) is 12.4 Å². The van der Waals surface area contributed by atoms with Crippen LogP contribution in [0.4, 0.5) is 0 Å². The van der Waals surface area contributed by atoms with E-state index in [4.69, 9.17) is 0 Å². The maximum atomic E-state index is 2.66. The van der Waals surface area contributed by atoms with Gasteiger partial charge in [-0.05, 0) is 19.3 Å². The fourth-order valence-electron chi connectivity index (χ4n) is 6.75. The fourth-order valence-corrected chi connectivity index (χ4v) is 6.75. The van der Waals surface area contributed by atoms with Crippen molar-refractivity contribution in [2.24, 2.45) is 0 Å². The molecular weight excluding hydrogens is 496 g/mol. The van der Waals surface area contributed by atoms with Crippen LogP contribution in [0.3, 0.4) is 0 Å². The first-order valence-corrected chi connectivity index (χ1v) is 19.5. The monoisotopic (exact) mass is 575 g/mol. The summed E-state index contributed by atoms with van der Waals surface area (Å²) in [4.78, 5) is 5.32. The van der Waals surface area contributed by atoms with Crippen molar-refractivity contribution in [1.82, 2.24) is 9.80 Å². The van der Waals surface area contributed by atoms with Crippen molar-refractivity contribution < 1.29 is 0 Å². The zero-order valence-electron chi connectivity index (χ0n) is 29.0. The van der Waals surface area contributed by atoms with Crippen molar-refractivity contribution >= 4 is 0 Å². The molecule has 1 unspecified atom stereocenters. The maximum Gasteiger partial charge on any atom is 0.101 e. The Balaban J connectivity index is 1.93. The number of unbranched alkanes of at least 4 members (excludes halogenated alkanes) is 27. The van der Waals surface area contributed by atoms with Gasteiger partial charge in [-0.3, -0.25) is 0 Å². The van der Waals surface area contributed by atoms with Crippen LogP contribution in [-0.2, 0) is 0 Å². The molecule has 1 atom stereocenters. The maximum absolute atomic E-state index is 2.66. The number of nitrogens with zero attached hydrogens (tertiary/aromatic N) is 2. The largest absolute Gasteiger partial charge is 0.356 e. The van der Waals surface area contributed by atoms with E-state index in [0.29, 0.717) is 6.17 Å². The summed E-state index contributed by atoms with van der Waals surface area (Å²) in [5.74, 6) is 0. The van der Waals surface area contributed by atoms with Gasteiger partial charge in [-0.15, -0.1) is 0 Å². The number of hydrogen-bond acceptors (Lipinski definition) is 2. The molecule has 0 amide bonds.